The van der Waals surface area contributed by atoms with Gasteiger partial charge in [0, 0.05) is 5.69 Å². The first-order valence-electron chi connectivity index (χ1n) is 13.1. The topological polar surface area (TPSA) is 155 Å². The minimum Gasteiger partial charge on any atom is -0.462 e. The van der Waals surface area contributed by atoms with Crippen molar-refractivity contribution >= 4 is 51.9 Å². The summed E-state index contributed by atoms with van der Waals surface area (Å²) in [7, 11) is 0. The summed E-state index contributed by atoms with van der Waals surface area (Å²) in [4.78, 5) is 51.1. The van der Waals surface area contributed by atoms with Gasteiger partial charge in [-0.15, -0.1) is 21.5 Å². The van der Waals surface area contributed by atoms with Crippen molar-refractivity contribution < 1.29 is 37.5 Å². The van der Waals surface area contributed by atoms with E-state index in [-0.39, 0.29) is 46.1 Å². The molecule has 0 bridgehead atoms. The maximum absolute atomic E-state index is 13.7. The van der Waals surface area contributed by atoms with E-state index in [1.54, 1.807) is 38.3 Å². The lowest BCUT2D eigenvalue weighted by Crippen LogP contribution is -2.25. The van der Waals surface area contributed by atoms with Crippen LogP contribution >= 0.6 is 23.1 Å². The van der Waals surface area contributed by atoms with Crippen LogP contribution in [0.4, 0.5) is 9.39 Å². The van der Waals surface area contributed by atoms with Gasteiger partial charge < -0.3 is 24.5 Å². The molecule has 1 atom stereocenters. The van der Waals surface area contributed by atoms with Crippen LogP contribution in [0.1, 0.15) is 62.7 Å². The van der Waals surface area contributed by atoms with Crippen LogP contribution in [-0.2, 0) is 20.8 Å². The molecule has 0 saturated carbocycles. The summed E-state index contributed by atoms with van der Waals surface area (Å²) in [5, 5.41) is 13.5. The number of esters is 2. The lowest BCUT2D eigenvalue weighted by molar-refractivity contribution is -0.115. The van der Waals surface area contributed by atoms with Crippen LogP contribution in [0.15, 0.2) is 52.2 Å². The molecule has 0 aliphatic rings. The number of hydrogen-bond acceptors (Lipinski definition) is 11. The summed E-state index contributed by atoms with van der Waals surface area (Å²) in [5.74, 6) is -2.27. The molecule has 1 unspecified atom stereocenters. The molecular weight excluding hydrogens is 601 g/mol. The van der Waals surface area contributed by atoms with Crippen LogP contribution in [0, 0.1) is 12.7 Å². The third-order valence-corrected chi connectivity index (χ3v) is 8.14. The third-order valence-electron chi connectivity index (χ3n) is 5.91. The van der Waals surface area contributed by atoms with Gasteiger partial charge in [-0.05, 0) is 69.7 Å². The molecule has 3 heterocycles. The molecule has 3 aromatic heterocycles. The van der Waals surface area contributed by atoms with Gasteiger partial charge >= 0.3 is 11.9 Å². The monoisotopic (exact) mass is 629 g/mol. The molecule has 43 heavy (non-hydrogen) atoms. The van der Waals surface area contributed by atoms with Gasteiger partial charge in [0.2, 0.25) is 5.91 Å². The van der Waals surface area contributed by atoms with Crippen LogP contribution in [0.3, 0.4) is 0 Å². The highest BCUT2D eigenvalue weighted by Gasteiger charge is 2.29. The summed E-state index contributed by atoms with van der Waals surface area (Å²) in [6.45, 7) is 6.72. The Labute approximate surface area is 254 Å². The molecule has 0 radical (unpaired) electrons. The number of amides is 2. The second-order valence-electron chi connectivity index (χ2n) is 8.82. The van der Waals surface area contributed by atoms with Crippen LogP contribution in [0.2, 0.25) is 0 Å². The zero-order valence-corrected chi connectivity index (χ0v) is 25.3. The molecule has 0 saturated heterocycles. The number of carbonyl (C=O) groups is 4. The first-order valence-corrected chi connectivity index (χ1v) is 14.8. The molecular formula is C28H28FN5O7S2. The van der Waals surface area contributed by atoms with Crippen molar-refractivity contribution in [2.45, 2.75) is 44.6 Å². The number of ether oxygens (including phenoxy) is 2. The normalized spacial score (nSPS) is 11.6. The van der Waals surface area contributed by atoms with Crippen LogP contribution in [0.25, 0.3) is 5.69 Å². The number of furan rings is 1. The van der Waals surface area contributed by atoms with Gasteiger partial charge in [-0.3, -0.25) is 14.2 Å². The molecule has 12 nitrogen and oxygen atoms in total. The zero-order chi connectivity index (χ0) is 31.1. The van der Waals surface area contributed by atoms with Gasteiger partial charge in [-0.1, -0.05) is 11.8 Å². The van der Waals surface area contributed by atoms with E-state index in [0.717, 1.165) is 23.1 Å². The summed E-state index contributed by atoms with van der Waals surface area (Å²) in [6.07, 6.45) is 1.38. The van der Waals surface area contributed by atoms with Crippen LogP contribution in [-0.4, -0.2) is 57.0 Å². The largest absolute Gasteiger partial charge is 0.462 e. The van der Waals surface area contributed by atoms with Gasteiger partial charge in [0.1, 0.15) is 15.7 Å². The molecule has 0 aliphatic carbocycles. The van der Waals surface area contributed by atoms with E-state index >= 15 is 0 Å². The molecule has 0 spiro atoms. The van der Waals surface area contributed by atoms with Crippen molar-refractivity contribution in [3.8, 4) is 5.69 Å². The quantitative estimate of drug-likeness (QED) is 0.165. The van der Waals surface area contributed by atoms with E-state index in [1.165, 1.54) is 36.6 Å². The molecule has 226 valence electrons. The highest BCUT2D eigenvalue weighted by atomic mass is 32.2. The molecule has 0 aliphatic heterocycles. The average molecular weight is 630 g/mol. The first kappa shape index (κ1) is 31.4. The smallest absolute Gasteiger partial charge is 0.348 e. The maximum Gasteiger partial charge on any atom is 0.348 e. The van der Waals surface area contributed by atoms with Gasteiger partial charge in [-0.2, -0.15) is 0 Å². The molecule has 1 aromatic carbocycles. The third kappa shape index (κ3) is 7.29. The van der Waals surface area contributed by atoms with Crippen molar-refractivity contribution in [1.82, 2.24) is 20.1 Å². The number of nitrogens with zero attached hydrogens (tertiary/aromatic N) is 3. The number of rotatable bonds is 12. The standard InChI is InChI=1S/C28H28FN5O7S2/c1-5-39-26(37)21-15(3)22(27(38)40-6-2)43-25(21)31-23(35)16(4)42-28-33-32-20(14-30-24(36)19-8-7-13-41-19)34(28)18-11-9-17(29)10-12-18/h7-13,16H,5-6,14H2,1-4H3,(H,30,36)(H,31,35). The Morgan fingerprint density at radius 2 is 1.77 bits per heavy atom. The number of hydrogen-bond donors (Lipinski definition) is 2. The van der Waals surface area contributed by atoms with E-state index in [0.29, 0.717) is 17.1 Å². The highest BCUT2D eigenvalue weighted by molar-refractivity contribution is 8.00. The number of thioether (sulfide) groups is 1. The van der Waals surface area contributed by atoms with E-state index in [4.69, 9.17) is 13.9 Å². The molecule has 2 N–H and O–H groups in total. The minimum atomic E-state index is -0.780. The second kappa shape index (κ2) is 14.1. The number of anilines is 1. The second-order valence-corrected chi connectivity index (χ2v) is 11.1. The van der Waals surface area contributed by atoms with Crippen molar-refractivity contribution in [3.05, 3.63) is 76.1 Å². The number of aromatic nitrogens is 3. The number of nitrogens with one attached hydrogen (secondary N) is 2. The van der Waals surface area contributed by atoms with Gasteiger partial charge in [0.05, 0.1) is 36.8 Å². The highest BCUT2D eigenvalue weighted by Crippen LogP contribution is 2.35. The van der Waals surface area contributed by atoms with Crippen LogP contribution < -0.4 is 10.6 Å². The molecule has 4 aromatic rings. The number of benzene rings is 1. The van der Waals surface area contributed by atoms with E-state index < -0.39 is 34.8 Å². The number of thiophene rings is 1. The average Bonchev–Trinajstić information content (AvgIpc) is 3.72. The molecule has 0 fully saturated rings. The Morgan fingerprint density at radius 3 is 2.42 bits per heavy atom. The van der Waals surface area contributed by atoms with E-state index in [1.807, 2.05) is 0 Å². The Bertz CT molecular complexity index is 1620. The molecule has 15 heteroatoms. The minimum absolute atomic E-state index is 0.0426. The Morgan fingerprint density at radius 1 is 1.07 bits per heavy atom. The predicted octanol–water partition coefficient (Wildman–Crippen LogP) is 4.77. The number of halogens is 1. The Hall–Kier alpha value is -4.50. The maximum atomic E-state index is 13.7. The van der Waals surface area contributed by atoms with Gasteiger partial charge in [0.25, 0.3) is 5.91 Å². The Balaban J connectivity index is 1.58. The number of carbonyl (C=O) groups excluding carboxylic acids is 4. The summed E-state index contributed by atoms with van der Waals surface area (Å²) in [6, 6.07) is 8.66. The van der Waals surface area contributed by atoms with Gasteiger partial charge in [0.15, 0.2) is 16.7 Å². The van der Waals surface area contributed by atoms with E-state index in [9.17, 15) is 23.6 Å². The van der Waals surface area contributed by atoms with Crippen molar-refractivity contribution in [2.75, 3.05) is 18.5 Å². The molecule has 4 rings (SSSR count). The van der Waals surface area contributed by atoms with Crippen molar-refractivity contribution in [2.24, 2.45) is 0 Å². The van der Waals surface area contributed by atoms with Gasteiger partial charge in [-0.25, -0.2) is 14.0 Å². The predicted molar refractivity (Wildman–Crippen MR) is 156 cm³/mol. The SMILES string of the molecule is CCOC(=O)c1sc(NC(=O)C(C)Sc2nnc(CNC(=O)c3ccco3)n2-c2ccc(F)cc2)c(C(=O)OCC)c1C. The van der Waals surface area contributed by atoms with Crippen LogP contribution in [0.5, 0.6) is 0 Å². The lowest BCUT2D eigenvalue weighted by atomic mass is 10.1. The fourth-order valence-electron chi connectivity index (χ4n) is 3.86. The lowest BCUT2D eigenvalue weighted by Gasteiger charge is -2.14. The van der Waals surface area contributed by atoms with E-state index in [2.05, 4.69) is 20.8 Å². The Kier molecular flexibility index (Phi) is 10.3. The van der Waals surface area contributed by atoms with Crippen molar-refractivity contribution in [1.29, 1.82) is 0 Å². The zero-order valence-electron chi connectivity index (χ0n) is 23.6. The summed E-state index contributed by atoms with van der Waals surface area (Å²) >= 11 is 1.97. The summed E-state index contributed by atoms with van der Waals surface area (Å²) < 4.78 is 30.7. The fraction of sp³-hybridized carbons (Fsp3) is 0.286. The first-order chi connectivity index (χ1) is 20.6. The summed E-state index contributed by atoms with van der Waals surface area (Å²) in [5.41, 5.74) is 0.917. The van der Waals surface area contributed by atoms with Crippen molar-refractivity contribution in [3.63, 3.8) is 0 Å². The fourth-order valence-corrected chi connectivity index (χ4v) is 5.84. The molecule has 2 amide bonds.